The normalized spacial score (nSPS) is 10.7. The molecular weight excluding hydrogens is 296 g/mol. The van der Waals surface area contributed by atoms with E-state index >= 15 is 0 Å². The summed E-state index contributed by atoms with van der Waals surface area (Å²) in [4.78, 5) is 8.12. The van der Waals surface area contributed by atoms with Crippen LogP contribution in [0.4, 0.5) is 0 Å². The summed E-state index contributed by atoms with van der Waals surface area (Å²) < 4.78 is 1.95. The van der Waals surface area contributed by atoms with E-state index in [-0.39, 0.29) is 0 Å². The first-order valence-corrected chi connectivity index (χ1v) is 7.82. The molecule has 116 valence electrons. The quantitative estimate of drug-likeness (QED) is 0.571. The number of hydrogen-bond acceptors (Lipinski definition) is 3. The highest BCUT2D eigenvalue weighted by Crippen LogP contribution is 2.25. The average Bonchev–Trinajstić information content (AvgIpc) is 3.12. The SMILES string of the molecule is c1cc(-c2ccncc2)cc(-c2ccn(Cc3ccncc3)n2)c1. The summed E-state index contributed by atoms with van der Waals surface area (Å²) in [6, 6.07) is 18.5. The van der Waals surface area contributed by atoms with Crippen LogP contribution in [-0.2, 0) is 6.54 Å². The molecule has 0 aliphatic rings. The van der Waals surface area contributed by atoms with E-state index in [1.165, 1.54) is 11.1 Å². The highest BCUT2D eigenvalue weighted by Gasteiger charge is 2.05. The zero-order chi connectivity index (χ0) is 16.2. The third kappa shape index (κ3) is 3.08. The maximum Gasteiger partial charge on any atom is 0.0923 e. The molecule has 0 saturated carbocycles. The summed E-state index contributed by atoms with van der Waals surface area (Å²) in [6.07, 6.45) is 9.24. The van der Waals surface area contributed by atoms with Gasteiger partial charge in [0.05, 0.1) is 12.2 Å². The molecule has 0 fully saturated rings. The Morgan fingerprint density at radius 2 is 1.42 bits per heavy atom. The van der Waals surface area contributed by atoms with Gasteiger partial charge in [-0.3, -0.25) is 14.6 Å². The Morgan fingerprint density at radius 1 is 0.708 bits per heavy atom. The van der Waals surface area contributed by atoms with Gasteiger partial charge in [0.2, 0.25) is 0 Å². The number of nitrogens with zero attached hydrogens (tertiary/aromatic N) is 4. The molecule has 0 aliphatic carbocycles. The van der Waals surface area contributed by atoms with Crippen LogP contribution in [0.3, 0.4) is 0 Å². The zero-order valence-corrected chi connectivity index (χ0v) is 13.1. The van der Waals surface area contributed by atoms with Gasteiger partial charge >= 0.3 is 0 Å². The third-order valence-electron chi connectivity index (χ3n) is 3.91. The van der Waals surface area contributed by atoms with Crippen molar-refractivity contribution in [1.29, 1.82) is 0 Å². The Hall–Kier alpha value is -3.27. The second-order valence-electron chi connectivity index (χ2n) is 5.57. The van der Waals surface area contributed by atoms with Crippen LogP contribution in [0.2, 0.25) is 0 Å². The lowest BCUT2D eigenvalue weighted by atomic mass is 10.0. The zero-order valence-electron chi connectivity index (χ0n) is 13.1. The smallest absolute Gasteiger partial charge is 0.0923 e. The minimum atomic E-state index is 0.743. The molecule has 0 amide bonds. The Balaban J connectivity index is 1.61. The summed E-state index contributed by atoms with van der Waals surface area (Å²) in [7, 11) is 0. The van der Waals surface area contributed by atoms with Crippen LogP contribution in [0.5, 0.6) is 0 Å². The van der Waals surface area contributed by atoms with Gasteiger partial charge < -0.3 is 0 Å². The van der Waals surface area contributed by atoms with E-state index in [9.17, 15) is 0 Å². The topological polar surface area (TPSA) is 43.6 Å². The molecule has 0 radical (unpaired) electrons. The lowest BCUT2D eigenvalue weighted by molar-refractivity contribution is 0.688. The Bertz CT molecular complexity index is 930. The van der Waals surface area contributed by atoms with Crippen molar-refractivity contribution in [2.45, 2.75) is 6.54 Å². The van der Waals surface area contributed by atoms with Crippen molar-refractivity contribution < 1.29 is 0 Å². The van der Waals surface area contributed by atoms with Crippen molar-refractivity contribution in [3.05, 3.63) is 91.1 Å². The van der Waals surface area contributed by atoms with Gasteiger partial charge in [-0.1, -0.05) is 18.2 Å². The van der Waals surface area contributed by atoms with Gasteiger partial charge in [0.15, 0.2) is 0 Å². The second kappa shape index (κ2) is 6.46. The molecule has 24 heavy (non-hydrogen) atoms. The third-order valence-corrected chi connectivity index (χ3v) is 3.91. The fourth-order valence-electron chi connectivity index (χ4n) is 2.68. The molecule has 3 aromatic heterocycles. The molecule has 0 aliphatic heterocycles. The summed E-state index contributed by atoms with van der Waals surface area (Å²) in [5, 5.41) is 4.69. The number of rotatable bonds is 4. The molecule has 4 aromatic rings. The first kappa shape index (κ1) is 14.3. The first-order chi connectivity index (χ1) is 11.9. The molecule has 0 atom stereocenters. The molecule has 3 heterocycles. The molecule has 0 unspecified atom stereocenters. The summed E-state index contributed by atoms with van der Waals surface area (Å²) in [5.74, 6) is 0. The van der Waals surface area contributed by atoms with E-state index in [1.807, 2.05) is 53.6 Å². The van der Waals surface area contributed by atoms with E-state index in [2.05, 4.69) is 34.2 Å². The standard InChI is InChI=1S/C20H16N4/c1-2-18(17-6-11-22-12-7-17)14-19(3-1)20-8-13-24(23-20)15-16-4-9-21-10-5-16/h1-14H,15H2. The van der Waals surface area contributed by atoms with Crippen molar-refractivity contribution in [3.63, 3.8) is 0 Å². The van der Waals surface area contributed by atoms with E-state index in [0.29, 0.717) is 0 Å². The van der Waals surface area contributed by atoms with Crippen LogP contribution in [0.25, 0.3) is 22.4 Å². The van der Waals surface area contributed by atoms with E-state index in [1.54, 1.807) is 12.4 Å². The molecule has 4 heteroatoms. The van der Waals surface area contributed by atoms with Crippen LogP contribution >= 0.6 is 0 Å². The van der Waals surface area contributed by atoms with Crippen LogP contribution < -0.4 is 0 Å². The number of hydrogen-bond donors (Lipinski definition) is 0. The molecule has 0 saturated heterocycles. The highest BCUT2D eigenvalue weighted by molar-refractivity contribution is 5.70. The molecule has 1 aromatic carbocycles. The number of aromatic nitrogens is 4. The van der Waals surface area contributed by atoms with Gasteiger partial charge in [-0.15, -0.1) is 0 Å². The molecule has 4 nitrogen and oxygen atoms in total. The van der Waals surface area contributed by atoms with Crippen LogP contribution in [0, 0.1) is 0 Å². The lowest BCUT2D eigenvalue weighted by Crippen LogP contribution is -2.00. The Labute approximate surface area is 140 Å². The highest BCUT2D eigenvalue weighted by atomic mass is 15.3. The maximum absolute atomic E-state index is 4.69. The fraction of sp³-hybridized carbons (Fsp3) is 0.0500. The largest absolute Gasteiger partial charge is 0.268 e. The first-order valence-electron chi connectivity index (χ1n) is 7.82. The van der Waals surface area contributed by atoms with Crippen molar-refractivity contribution >= 4 is 0 Å². The summed E-state index contributed by atoms with van der Waals surface area (Å²) in [5.41, 5.74) is 5.59. The van der Waals surface area contributed by atoms with Crippen molar-refractivity contribution in [2.24, 2.45) is 0 Å². The van der Waals surface area contributed by atoms with Crippen LogP contribution in [0.1, 0.15) is 5.56 Å². The average molecular weight is 312 g/mol. The van der Waals surface area contributed by atoms with E-state index < -0.39 is 0 Å². The molecule has 0 spiro atoms. The lowest BCUT2D eigenvalue weighted by Gasteiger charge is -2.04. The monoisotopic (exact) mass is 312 g/mol. The minimum absolute atomic E-state index is 0.743. The molecule has 0 bridgehead atoms. The maximum atomic E-state index is 4.69. The Kier molecular flexibility index (Phi) is 3.86. The number of benzene rings is 1. The van der Waals surface area contributed by atoms with E-state index in [4.69, 9.17) is 5.10 Å². The summed E-state index contributed by atoms with van der Waals surface area (Å²) >= 11 is 0. The van der Waals surface area contributed by atoms with Crippen LogP contribution in [0.15, 0.2) is 85.6 Å². The second-order valence-corrected chi connectivity index (χ2v) is 5.57. The van der Waals surface area contributed by atoms with Gasteiger partial charge in [-0.2, -0.15) is 5.10 Å². The van der Waals surface area contributed by atoms with Gasteiger partial charge in [0.25, 0.3) is 0 Å². The molecule has 0 N–H and O–H groups in total. The fourth-order valence-corrected chi connectivity index (χ4v) is 2.68. The Morgan fingerprint density at radius 3 is 2.21 bits per heavy atom. The van der Waals surface area contributed by atoms with Crippen molar-refractivity contribution in [3.8, 4) is 22.4 Å². The summed E-state index contributed by atoms with van der Waals surface area (Å²) in [6.45, 7) is 0.743. The van der Waals surface area contributed by atoms with Gasteiger partial charge in [0.1, 0.15) is 0 Å². The molecule has 4 rings (SSSR count). The number of pyridine rings is 2. The van der Waals surface area contributed by atoms with Gasteiger partial charge in [0, 0.05) is 36.5 Å². The van der Waals surface area contributed by atoms with E-state index in [0.717, 1.165) is 23.4 Å². The predicted molar refractivity (Wildman–Crippen MR) is 94.2 cm³/mol. The molecular formula is C20H16N4. The van der Waals surface area contributed by atoms with Crippen molar-refractivity contribution in [1.82, 2.24) is 19.7 Å². The predicted octanol–water partition coefficient (Wildman–Crippen LogP) is 4.06. The minimum Gasteiger partial charge on any atom is -0.268 e. The van der Waals surface area contributed by atoms with Gasteiger partial charge in [-0.05, 0) is 53.1 Å². The van der Waals surface area contributed by atoms with Gasteiger partial charge in [-0.25, -0.2) is 0 Å². The van der Waals surface area contributed by atoms with Crippen LogP contribution in [-0.4, -0.2) is 19.7 Å². The van der Waals surface area contributed by atoms with Crippen molar-refractivity contribution in [2.75, 3.05) is 0 Å².